The van der Waals surface area contributed by atoms with Gasteiger partial charge in [-0.2, -0.15) is 0 Å². The molecular formula is C11H15BrN2S2. The Morgan fingerprint density at radius 1 is 1.31 bits per heavy atom. The molecular weight excluding hydrogens is 304 g/mol. The van der Waals surface area contributed by atoms with Crippen LogP contribution < -0.4 is 0 Å². The Balaban J connectivity index is 0.00000128. The zero-order valence-electron chi connectivity index (χ0n) is 9.34. The highest BCUT2D eigenvalue weighted by atomic mass is 79.9. The minimum atomic E-state index is 0. The number of para-hydroxylation sites is 1. The molecule has 0 saturated carbocycles. The third kappa shape index (κ3) is 3.73. The van der Waals surface area contributed by atoms with Crippen LogP contribution in [0.5, 0.6) is 0 Å². The maximum Gasteiger partial charge on any atom is 0.151 e. The fourth-order valence-electron chi connectivity index (χ4n) is 1.23. The van der Waals surface area contributed by atoms with E-state index in [9.17, 15) is 0 Å². The molecule has 0 N–H and O–H groups in total. The number of thiazole rings is 1. The van der Waals surface area contributed by atoms with Crippen molar-refractivity contribution in [2.75, 3.05) is 26.4 Å². The summed E-state index contributed by atoms with van der Waals surface area (Å²) in [4.78, 5) is 6.77. The third-order valence-corrected chi connectivity index (χ3v) is 4.20. The molecule has 2 nitrogen and oxygen atoms in total. The van der Waals surface area contributed by atoms with E-state index in [1.54, 1.807) is 11.3 Å². The average Bonchev–Trinajstić information content (AvgIpc) is 2.59. The van der Waals surface area contributed by atoms with Gasteiger partial charge in [-0.05, 0) is 26.2 Å². The average molecular weight is 319 g/mol. The quantitative estimate of drug-likeness (QED) is 0.802. The molecule has 88 valence electrons. The van der Waals surface area contributed by atoms with Gasteiger partial charge in [-0.15, -0.1) is 28.3 Å². The molecule has 0 amide bonds. The predicted molar refractivity (Wildman–Crippen MR) is 79.2 cm³/mol. The summed E-state index contributed by atoms with van der Waals surface area (Å²) in [5, 5.41) is 0. The molecule has 16 heavy (non-hydrogen) atoms. The summed E-state index contributed by atoms with van der Waals surface area (Å²) in [5.74, 6) is 1.10. The lowest BCUT2D eigenvalue weighted by molar-refractivity contribution is 0.437. The monoisotopic (exact) mass is 318 g/mol. The number of nitrogens with zero attached hydrogens (tertiary/aromatic N) is 2. The Morgan fingerprint density at radius 3 is 2.75 bits per heavy atom. The molecule has 1 heterocycles. The summed E-state index contributed by atoms with van der Waals surface area (Å²) < 4.78 is 2.46. The smallest absolute Gasteiger partial charge is 0.151 e. The number of benzene rings is 1. The molecule has 5 heteroatoms. The van der Waals surface area contributed by atoms with Gasteiger partial charge in [-0.3, -0.25) is 0 Å². The molecule has 1 aromatic heterocycles. The van der Waals surface area contributed by atoms with E-state index in [4.69, 9.17) is 0 Å². The number of thioether (sulfide) groups is 1. The van der Waals surface area contributed by atoms with Crippen LogP contribution in [0.1, 0.15) is 0 Å². The van der Waals surface area contributed by atoms with Crippen molar-refractivity contribution < 1.29 is 0 Å². The van der Waals surface area contributed by atoms with Crippen molar-refractivity contribution in [3.05, 3.63) is 24.3 Å². The van der Waals surface area contributed by atoms with Crippen LogP contribution in [0.25, 0.3) is 10.2 Å². The van der Waals surface area contributed by atoms with E-state index < -0.39 is 0 Å². The van der Waals surface area contributed by atoms with Crippen molar-refractivity contribution in [2.24, 2.45) is 0 Å². The van der Waals surface area contributed by atoms with E-state index in [1.165, 1.54) is 9.04 Å². The van der Waals surface area contributed by atoms with E-state index in [1.807, 2.05) is 17.8 Å². The molecule has 0 fully saturated rings. The second kappa shape index (κ2) is 6.59. The van der Waals surface area contributed by atoms with Crippen LogP contribution in [-0.2, 0) is 0 Å². The van der Waals surface area contributed by atoms with E-state index in [0.29, 0.717) is 0 Å². The Morgan fingerprint density at radius 2 is 2.06 bits per heavy atom. The van der Waals surface area contributed by atoms with Gasteiger partial charge in [0.05, 0.1) is 10.2 Å². The minimum Gasteiger partial charge on any atom is -0.309 e. The van der Waals surface area contributed by atoms with Gasteiger partial charge in [0.1, 0.15) is 0 Å². The van der Waals surface area contributed by atoms with Crippen LogP contribution in [-0.4, -0.2) is 36.3 Å². The number of halogens is 1. The molecule has 0 unspecified atom stereocenters. The first-order chi connectivity index (χ1) is 7.25. The number of aromatic nitrogens is 1. The molecule has 2 aromatic rings. The zero-order valence-corrected chi connectivity index (χ0v) is 12.7. The van der Waals surface area contributed by atoms with E-state index in [0.717, 1.165) is 17.8 Å². The molecule has 2 rings (SSSR count). The highest BCUT2D eigenvalue weighted by Crippen LogP contribution is 2.28. The molecule has 0 radical (unpaired) electrons. The summed E-state index contributed by atoms with van der Waals surface area (Å²) in [6.45, 7) is 1.10. The highest BCUT2D eigenvalue weighted by molar-refractivity contribution is 8.93. The molecule has 0 aliphatic rings. The van der Waals surface area contributed by atoms with Crippen molar-refractivity contribution in [1.82, 2.24) is 9.88 Å². The van der Waals surface area contributed by atoms with Gasteiger partial charge in [0, 0.05) is 12.3 Å². The lowest BCUT2D eigenvalue weighted by Gasteiger charge is -2.06. The molecule has 0 saturated heterocycles. The predicted octanol–water partition coefficient (Wildman–Crippen LogP) is 3.53. The SMILES string of the molecule is Br.CN(C)CCSc1nc2ccccc2s1. The fraction of sp³-hybridized carbons (Fsp3) is 0.364. The first-order valence-corrected chi connectivity index (χ1v) is 6.69. The Bertz CT molecular complexity index is 409. The highest BCUT2D eigenvalue weighted by Gasteiger charge is 2.03. The molecule has 0 aliphatic heterocycles. The second-order valence-corrected chi connectivity index (χ2v) is 5.97. The maximum atomic E-state index is 4.57. The molecule has 0 spiro atoms. The number of fused-ring (bicyclic) bond motifs is 1. The van der Waals surface area contributed by atoms with Crippen molar-refractivity contribution in [3.63, 3.8) is 0 Å². The Kier molecular flexibility index (Phi) is 5.75. The van der Waals surface area contributed by atoms with Gasteiger partial charge in [0.15, 0.2) is 4.34 Å². The summed E-state index contributed by atoms with van der Waals surface area (Å²) in [7, 11) is 4.19. The molecule has 0 aliphatic carbocycles. The van der Waals surface area contributed by atoms with Gasteiger partial charge in [0.2, 0.25) is 0 Å². The number of hydrogen-bond acceptors (Lipinski definition) is 4. The molecule has 0 atom stereocenters. The summed E-state index contributed by atoms with van der Waals surface area (Å²) in [6, 6.07) is 8.30. The summed E-state index contributed by atoms with van der Waals surface area (Å²) in [6.07, 6.45) is 0. The van der Waals surface area contributed by atoms with Crippen LogP contribution in [0.4, 0.5) is 0 Å². The summed E-state index contributed by atoms with van der Waals surface area (Å²) >= 11 is 3.62. The van der Waals surface area contributed by atoms with Crippen molar-refractivity contribution >= 4 is 50.3 Å². The Labute approximate surface area is 115 Å². The second-order valence-electron chi connectivity index (χ2n) is 3.60. The molecule has 0 bridgehead atoms. The topological polar surface area (TPSA) is 16.1 Å². The summed E-state index contributed by atoms with van der Waals surface area (Å²) in [5.41, 5.74) is 1.12. The lowest BCUT2D eigenvalue weighted by Crippen LogP contribution is -2.14. The van der Waals surface area contributed by atoms with Crippen LogP contribution in [0, 0.1) is 0 Å². The first-order valence-electron chi connectivity index (χ1n) is 4.89. The van der Waals surface area contributed by atoms with Gasteiger partial charge >= 0.3 is 0 Å². The van der Waals surface area contributed by atoms with Crippen molar-refractivity contribution in [2.45, 2.75) is 4.34 Å². The van der Waals surface area contributed by atoms with Gasteiger partial charge in [-0.25, -0.2) is 4.98 Å². The molecule has 1 aromatic carbocycles. The minimum absolute atomic E-state index is 0. The van der Waals surface area contributed by atoms with Crippen LogP contribution in [0.3, 0.4) is 0 Å². The van der Waals surface area contributed by atoms with E-state index >= 15 is 0 Å². The lowest BCUT2D eigenvalue weighted by atomic mass is 10.3. The van der Waals surface area contributed by atoms with Crippen LogP contribution in [0.2, 0.25) is 0 Å². The number of hydrogen-bond donors (Lipinski definition) is 0. The van der Waals surface area contributed by atoms with Crippen molar-refractivity contribution in [3.8, 4) is 0 Å². The largest absolute Gasteiger partial charge is 0.309 e. The maximum absolute atomic E-state index is 4.57. The van der Waals surface area contributed by atoms with Crippen LogP contribution in [0.15, 0.2) is 28.6 Å². The van der Waals surface area contributed by atoms with E-state index in [2.05, 4.69) is 42.2 Å². The Hall–Kier alpha value is -0.100. The normalized spacial score (nSPS) is 10.7. The fourth-order valence-corrected chi connectivity index (χ4v) is 3.47. The van der Waals surface area contributed by atoms with Gasteiger partial charge < -0.3 is 4.90 Å². The first kappa shape index (κ1) is 14.0. The van der Waals surface area contributed by atoms with Crippen molar-refractivity contribution in [1.29, 1.82) is 0 Å². The zero-order chi connectivity index (χ0) is 10.7. The van der Waals surface area contributed by atoms with Gasteiger partial charge in [-0.1, -0.05) is 23.9 Å². The number of rotatable bonds is 4. The van der Waals surface area contributed by atoms with E-state index in [-0.39, 0.29) is 17.0 Å². The van der Waals surface area contributed by atoms with Gasteiger partial charge in [0.25, 0.3) is 0 Å². The standard InChI is InChI=1S/C11H14N2S2.BrH/c1-13(2)7-8-14-11-12-9-5-3-4-6-10(9)15-11;/h3-6H,7-8H2,1-2H3;1H. The van der Waals surface area contributed by atoms with Crippen LogP contribution >= 0.6 is 40.1 Å². The third-order valence-electron chi connectivity index (χ3n) is 2.04.